The lowest BCUT2D eigenvalue weighted by atomic mass is 10.1. The maximum atomic E-state index is 13.8. The first-order valence-electron chi connectivity index (χ1n) is 12.0. The fraction of sp³-hybridized carbons (Fsp3) is 0.286. The zero-order valence-electron chi connectivity index (χ0n) is 21.5. The van der Waals surface area contributed by atoms with E-state index in [1.54, 1.807) is 49.4 Å². The van der Waals surface area contributed by atoms with Crippen LogP contribution >= 0.6 is 0 Å². The molecule has 3 aromatic rings. The Labute approximate surface area is 218 Å². The summed E-state index contributed by atoms with van der Waals surface area (Å²) < 4.78 is 34.0. The number of para-hydroxylation sites is 1. The Morgan fingerprint density at radius 2 is 1.57 bits per heavy atom. The number of sulfonamides is 1. The normalized spacial score (nSPS) is 11.9. The third-order valence-corrected chi connectivity index (χ3v) is 7.85. The molecule has 0 aliphatic heterocycles. The van der Waals surface area contributed by atoms with E-state index in [1.165, 1.54) is 24.1 Å². The number of nitrogens with zero attached hydrogens (tertiary/aromatic N) is 2. The quantitative estimate of drug-likeness (QED) is 0.413. The Bertz CT molecular complexity index is 1310. The summed E-state index contributed by atoms with van der Waals surface area (Å²) in [5, 5.41) is 2.58. The molecule has 0 saturated heterocycles. The van der Waals surface area contributed by atoms with Crippen LogP contribution in [-0.4, -0.2) is 51.4 Å². The number of rotatable bonds is 11. The second-order valence-corrected chi connectivity index (χ2v) is 10.4. The Balaban J connectivity index is 2.00. The smallest absolute Gasteiger partial charge is 0.264 e. The van der Waals surface area contributed by atoms with Gasteiger partial charge in [0.25, 0.3) is 10.0 Å². The molecule has 196 valence electrons. The number of aryl methyl sites for hydroxylation is 1. The minimum absolute atomic E-state index is 0.0254. The average Bonchev–Trinajstić information content (AvgIpc) is 2.91. The molecule has 3 rings (SSSR count). The van der Waals surface area contributed by atoms with Crippen LogP contribution in [0.4, 0.5) is 5.69 Å². The topological polar surface area (TPSA) is 96.0 Å². The van der Waals surface area contributed by atoms with E-state index in [-0.39, 0.29) is 17.3 Å². The molecule has 9 heteroatoms. The number of ether oxygens (including phenoxy) is 1. The van der Waals surface area contributed by atoms with Gasteiger partial charge in [0.05, 0.1) is 17.2 Å². The number of amides is 2. The number of likely N-dealkylation sites (N-methyl/N-ethyl adjacent to an activating group) is 1. The number of benzene rings is 3. The zero-order valence-corrected chi connectivity index (χ0v) is 22.4. The van der Waals surface area contributed by atoms with E-state index in [1.807, 2.05) is 38.1 Å². The maximum absolute atomic E-state index is 13.8. The van der Waals surface area contributed by atoms with E-state index < -0.39 is 28.5 Å². The standard InChI is InChI=1S/C28H33N3O5S/c1-5-36-25-15-17-26(18-16-25)37(34,35)31(24-13-7-6-8-14-24)20-27(32)30(22(3)28(33)29-4)19-23-12-10-9-11-21(23)2/h6-18,22H,5,19-20H2,1-4H3,(H,29,33)/t22-/m0/s1. The minimum Gasteiger partial charge on any atom is -0.494 e. The van der Waals surface area contributed by atoms with Crippen LogP contribution in [0.25, 0.3) is 0 Å². The van der Waals surface area contributed by atoms with Gasteiger partial charge in [-0.15, -0.1) is 0 Å². The van der Waals surface area contributed by atoms with Gasteiger partial charge in [0.1, 0.15) is 18.3 Å². The second kappa shape index (κ2) is 12.4. The SMILES string of the molecule is CCOc1ccc(S(=O)(=O)N(CC(=O)N(Cc2ccccc2C)[C@@H](C)C(=O)NC)c2ccccc2)cc1. The lowest BCUT2D eigenvalue weighted by Crippen LogP contribution is -2.50. The lowest BCUT2D eigenvalue weighted by molar-refractivity contribution is -0.139. The van der Waals surface area contributed by atoms with Crippen LogP contribution in [0.5, 0.6) is 5.75 Å². The average molecular weight is 524 g/mol. The molecule has 2 amide bonds. The van der Waals surface area contributed by atoms with Gasteiger partial charge in [0.15, 0.2) is 0 Å². The highest BCUT2D eigenvalue weighted by Gasteiger charge is 2.32. The van der Waals surface area contributed by atoms with Crippen molar-refractivity contribution in [3.05, 3.63) is 90.0 Å². The van der Waals surface area contributed by atoms with Crippen molar-refractivity contribution in [2.45, 2.75) is 38.3 Å². The third kappa shape index (κ3) is 6.68. The van der Waals surface area contributed by atoms with Crippen LogP contribution in [0.1, 0.15) is 25.0 Å². The van der Waals surface area contributed by atoms with E-state index >= 15 is 0 Å². The number of carbonyl (C=O) groups excluding carboxylic acids is 2. The molecule has 8 nitrogen and oxygen atoms in total. The molecular weight excluding hydrogens is 490 g/mol. The van der Waals surface area contributed by atoms with E-state index in [2.05, 4.69) is 5.32 Å². The Morgan fingerprint density at radius 1 is 0.946 bits per heavy atom. The van der Waals surface area contributed by atoms with Crippen molar-refractivity contribution >= 4 is 27.5 Å². The van der Waals surface area contributed by atoms with Crippen LogP contribution in [0.15, 0.2) is 83.8 Å². The van der Waals surface area contributed by atoms with Gasteiger partial charge >= 0.3 is 0 Å². The number of hydrogen-bond donors (Lipinski definition) is 1. The van der Waals surface area contributed by atoms with Crippen LogP contribution in [0.3, 0.4) is 0 Å². The van der Waals surface area contributed by atoms with Gasteiger partial charge < -0.3 is 15.0 Å². The molecule has 37 heavy (non-hydrogen) atoms. The molecule has 1 atom stereocenters. The Kier molecular flexibility index (Phi) is 9.30. The first-order chi connectivity index (χ1) is 17.7. The molecule has 0 saturated carbocycles. The van der Waals surface area contributed by atoms with Gasteiger partial charge in [0, 0.05) is 13.6 Å². The number of anilines is 1. The van der Waals surface area contributed by atoms with E-state index in [4.69, 9.17) is 4.74 Å². The summed E-state index contributed by atoms with van der Waals surface area (Å²) in [4.78, 5) is 27.7. The van der Waals surface area contributed by atoms with Gasteiger partial charge in [0.2, 0.25) is 11.8 Å². The molecule has 1 N–H and O–H groups in total. The monoisotopic (exact) mass is 523 g/mol. The first kappa shape index (κ1) is 27.7. The molecule has 3 aromatic carbocycles. The maximum Gasteiger partial charge on any atom is 0.264 e. The van der Waals surface area contributed by atoms with Gasteiger partial charge in [-0.1, -0.05) is 42.5 Å². The van der Waals surface area contributed by atoms with Gasteiger partial charge in [-0.25, -0.2) is 8.42 Å². The van der Waals surface area contributed by atoms with Gasteiger partial charge in [-0.2, -0.15) is 0 Å². The minimum atomic E-state index is -4.12. The molecule has 0 aromatic heterocycles. The number of carbonyl (C=O) groups is 2. The van der Waals surface area contributed by atoms with E-state index in [9.17, 15) is 18.0 Å². The summed E-state index contributed by atoms with van der Waals surface area (Å²) in [5.74, 6) is -0.298. The van der Waals surface area contributed by atoms with Crippen molar-refractivity contribution in [3.8, 4) is 5.75 Å². The van der Waals surface area contributed by atoms with E-state index in [0.717, 1.165) is 15.4 Å². The summed E-state index contributed by atoms with van der Waals surface area (Å²) in [6.45, 7) is 5.53. The molecular formula is C28H33N3O5S. The van der Waals surface area contributed by atoms with Crippen molar-refractivity contribution < 1.29 is 22.7 Å². The third-order valence-electron chi connectivity index (χ3n) is 6.06. The summed E-state index contributed by atoms with van der Waals surface area (Å²) >= 11 is 0. The van der Waals surface area contributed by atoms with Crippen LogP contribution in [0, 0.1) is 6.92 Å². The molecule has 0 bridgehead atoms. The summed E-state index contributed by atoms with van der Waals surface area (Å²) in [6, 6.07) is 21.3. The summed E-state index contributed by atoms with van der Waals surface area (Å²) in [6.07, 6.45) is 0. The largest absolute Gasteiger partial charge is 0.494 e. The van der Waals surface area contributed by atoms with Crippen molar-refractivity contribution in [1.82, 2.24) is 10.2 Å². The molecule has 0 heterocycles. The fourth-order valence-corrected chi connectivity index (χ4v) is 5.30. The molecule has 0 unspecified atom stereocenters. The van der Waals surface area contributed by atoms with Crippen molar-refractivity contribution in [2.24, 2.45) is 0 Å². The molecule has 0 fully saturated rings. The Hall–Kier alpha value is -3.85. The second-order valence-electron chi connectivity index (χ2n) is 8.49. The van der Waals surface area contributed by atoms with Crippen LogP contribution < -0.4 is 14.4 Å². The highest BCUT2D eigenvalue weighted by atomic mass is 32.2. The van der Waals surface area contributed by atoms with Crippen molar-refractivity contribution in [1.29, 1.82) is 0 Å². The van der Waals surface area contributed by atoms with E-state index in [0.29, 0.717) is 18.0 Å². The number of hydrogen-bond acceptors (Lipinski definition) is 5. The van der Waals surface area contributed by atoms with Crippen LogP contribution in [0.2, 0.25) is 0 Å². The highest BCUT2D eigenvalue weighted by Crippen LogP contribution is 2.26. The molecule has 0 aliphatic carbocycles. The van der Waals surface area contributed by atoms with Crippen LogP contribution in [-0.2, 0) is 26.2 Å². The predicted octanol–water partition coefficient (Wildman–Crippen LogP) is 3.75. The first-order valence-corrected chi connectivity index (χ1v) is 13.5. The zero-order chi connectivity index (χ0) is 27.0. The lowest BCUT2D eigenvalue weighted by Gasteiger charge is -2.32. The predicted molar refractivity (Wildman–Crippen MR) is 144 cm³/mol. The molecule has 0 radical (unpaired) electrons. The summed E-state index contributed by atoms with van der Waals surface area (Å²) in [5.41, 5.74) is 2.17. The fourth-order valence-electron chi connectivity index (χ4n) is 3.89. The van der Waals surface area contributed by atoms with Gasteiger partial charge in [-0.05, 0) is 68.3 Å². The van der Waals surface area contributed by atoms with Crippen molar-refractivity contribution in [3.63, 3.8) is 0 Å². The molecule has 0 aliphatic rings. The van der Waals surface area contributed by atoms with Gasteiger partial charge in [-0.3, -0.25) is 13.9 Å². The highest BCUT2D eigenvalue weighted by molar-refractivity contribution is 7.92. The van der Waals surface area contributed by atoms with Crippen molar-refractivity contribution in [2.75, 3.05) is 24.5 Å². The Morgan fingerprint density at radius 3 is 2.16 bits per heavy atom. The summed E-state index contributed by atoms with van der Waals surface area (Å²) in [7, 11) is -2.62. The number of nitrogens with one attached hydrogen (secondary N) is 1. The molecule has 0 spiro atoms.